The number of carboxylic acid groups (broad SMARTS) is 1. The van der Waals surface area contributed by atoms with Crippen LogP contribution in [0.1, 0.15) is 31.7 Å². The number of nitro groups is 1. The van der Waals surface area contributed by atoms with E-state index in [4.69, 9.17) is 4.74 Å². The zero-order valence-corrected chi connectivity index (χ0v) is 21.9. The van der Waals surface area contributed by atoms with Gasteiger partial charge >= 0.3 is 11.9 Å². The van der Waals surface area contributed by atoms with Crippen molar-refractivity contribution in [2.24, 2.45) is 0 Å². The van der Waals surface area contributed by atoms with Gasteiger partial charge in [0.15, 0.2) is 0 Å². The molecule has 1 heterocycles. The second-order valence-electron chi connectivity index (χ2n) is 8.75. The first-order chi connectivity index (χ1) is 17.7. The lowest BCUT2D eigenvalue weighted by Gasteiger charge is -2.29. The van der Waals surface area contributed by atoms with Gasteiger partial charge in [0, 0.05) is 47.3 Å². The zero-order valence-electron chi connectivity index (χ0n) is 21.1. The number of hydrogen-bond donors (Lipinski definition) is 2. The Morgan fingerprint density at radius 3 is 2.46 bits per heavy atom. The summed E-state index contributed by atoms with van der Waals surface area (Å²) in [6, 6.07) is 15.9. The minimum atomic E-state index is -1.21. The first-order valence-corrected chi connectivity index (χ1v) is 12.9. The van der Waals surface area contributed by atoms with Crippen LogP contribution in [0.3, 0.4) is 0 Å². The molecule has 0 spiro atoms. The molecule has 1 unspecified atom stereocenters. The summed E-state index contributed by atoms with van der Waals surface area (Å²) in [6.45, 7) is 5.04. The minimum absolute atomic E-state index is 0.0475. The molecule has 196 valence electrons. The molecule has 0 saturated carbocycles. The van der Waals surface area contributed by atoms with Crippen molar-refractivity contribution in [1.82, 2.24) is 10.2 Å². The number of benzene rings is 2. The summed E-state index contributed by atoms with van der Waals surface area (Å²) in [5.74, 6) is -1.92. The minimum Gasteiger partial charge on any atom is -0.478 e. The SMILES string of the molecule is CC1=C(C(=O)O)C(c2cccc([N+](=O)[O-])c2)C(C(=O)OCCCN(C)CCSc2ccccc2)=C(C)N1. The van der Waals surface area contributed by atoms with Crippen LogP contribution in [0.4, 0.5) is 5.69 Å². The van der Waals surface area contributed by atoms with Gasteiger partial charge in [-0.15, -0.1) is 11.8 Å². The smallest absolute Gasteiger partial charge is 0.336 e. The predicted octanol–water partition coefficient (Wildman–Crippen LogP) is 4.57. The third kappa shape index (κ3) is 7.43. The van der Waals surface area contributed by atoms with Crippen LogP contribution in [0.5, 0.6) is 0 Å². The van der Waals surface area contributed by atoms with E-state index >= 15 is 0 Å². The molecular weight excluding hydrogens is 494 g/mol. The van der Waals surface area contributed by atoms with Crippen molar-refractivity contribution in [2.45, 2.75) is 31.1 Å². The largest absolute Gasteiger partial charge is 0.478 e. The number of nitrogens with zero attached hydrogens (tertiary/aromatic N) is 2. The van der Waals surface area contributed by atoms with Crippen molar-refractivity contribution >= 4 is 29.4 Å². The standard InChI is InChI=1S/C27H31N3O6S/c1-18-23(26(31)32)25(20-9-7-10-21(17-20)30(34)35)24(19(2)28-18)27(33)36-15-8-13-29(3)14-16-37-22-11-5-4-6-12-22/h4-7,9-12,17,25,28H,8,13-16H2,1-3H3,(H,31,32). The van der Waals surface area contributed by atoms with E-state index in [-0.39, 0.29) is 23.4 Å². The molecule has 1 atom stereocenters. The van der Waals surface area contributed by atoms with E-state index < -0.39 is 22.8 Å². The lowest BCUT2D eigenvalue weighted by molar-refractivity contribution is -0.384. The van der Waals surface area contributed by atoms with Gasteiger partial charge in [-0.25, -0.2) is 9.59 Å². The van der Waals surface area contributed by atoms with Gasteiger partial charge in [-0.1, -0.05) is 30.3 Å². The maximum absolute atomic E-state index is 13.2. The fourth-order valence-electron chi connectivity index (χ4n) is 4.22. The van der Waals surface area contributed by atoms with E-state index in [9.17, 15) is 24.8 Å². The predicted molar refractivity (Wildman–Crippen MR) is 142 cm³/mol. The summed E-state index contributed by atoms with van der Waals surface area (Å²) in [5, 5.41) is 24.2. The molecule has 1 aliphatic rings. The van der Waals surface area contributed by atoms with Gasteiger partial charge in [0.1, 0.15) is 0 Å². The van der Waals surface area contributed by atoms with Crippen molar-refractivity contribution in [2.75, 3.05) is 32.5 Å². The fraction of sp³-hybridized carbons (Fsp3) is 0.333. The van der Waals surface area contributed by atoms with Crippen LogP contribution in [0.15, 0.2) is 82.0 Å². The molecule has 0 saturated heterocycles. The Hall–Kier alpha value is -3.63. The molecule has 0 radical (unpaired) electrons. The van der Waals surface area contributed by atoms with Gasteiger partial charge in [-0.3, -0.25) is 10.1 Å². The Morgan fingerprint density at radius 2 is 1.78 bits per heavy atom. The summed E-state index contributed by atoms with van der Waals surface area (Å²) >= 11 is 1.78. The highest BCUT2D eigenvalue weighted by Gasteiger charge is 2.37. The normalized spacial score (nSPS) is 15.5. The summed E-state index contributed by atoms with van der Waals surface area (Å²) in [6.07, 6.45) is 0.611. The third-order valence-corrected chi connectivity index (χ3v) is 7.02. The molecule has 0 aliphatic carbocycles. The molecule has 2 N–H and O–H groups in total. The van der Waals surface area contributed by atoms with Crippen LogP contribution < -0.4 is 5.32 Å². The van der Waals surface area contributed by atoms with Gasteiger partial charge in [-0.2, -0.15) is 0 Å². The van der Waals surface area contributed by atoms with Crippen LogP contribution in [0.25, 0.3) is 0 Å². The van der Waals surface area contributed by atoms with Crippen molar-refractivity contribution in [3.05, 3.63) is 92.8 Å². The van der Waals surface area contributed by atoms with E-state index in [0.29, 0.717) is 23.4 Å². The van der Waals surface area contributed by atoms with Crippen molar-refractivity contribution in [3.8, 4) is 0 Å². The maximum Gasteiger partial charge on any atom is 0.336 e. The molecule has 2 aromatic rings. The van der Waals surface area contributed by atoms with Crippen LogP contribution in [0, 0.1) is 10.1 Å². The fourth-order valence-corrected chi connectivity index (χ4v) is 5.21. The summed E-state index contributed by atoms with van der Waals surface area (Å²) in [7, 11) is 2.01. The monoisotopic (exact) mass is 525 g/mol. The summed E-state index contributed by atoms with van der Waals surface area (Å²) in [5.41, 5.74) is 1.07. The van der Waals surface area contributed by atoms with Crippen LogP contribution in [-0.4, -0.2) is 59.4 Å². The summed E-state index contributed by atoms with van der Waals surface area (Å²) in [4.78, 5) is 39.5. The van der Waals surface area contributed by atoms with E-state index in [1.54, 1.807) is 31.7 Å². The second-order valence-corrected chi connectivity index (χ2v) is 9.92. The molecule has 1 aliphatic heterocycles. The highest BCUT2D eigenvalue weighted by molar-refractivity contribution is 7.99. The van der Waals surface area contributed by atoms with E-state index in [1.165, 1.54) is 23.1 Å². The Kier molecular flexibility index (Phi) is 9.87. The molecular formula is C27H31N3O6S. The third-order valence-electron chi connectivity index (χ3n) is 6.03. The molecule has 3 rings (SSSR count). The molecule has 0 aromatic heterocycles. The number of allylic oxidation sites excluding steroid dienone is 2. The number of dihydropyridines is 1. The number of carbonyl (C=O) groups excluding carboxylic acids is 1. The Morgan fingerprint density at radius 1 is 1.08 bits per heavy atom. The number of esters is 1. The average molecular weight is 526 g/mol. The van der Waals surface area contributed by atoms with E-state index in [2.05, 4.69) is 22.3 Å². The topological polar surface area (TPSA) is 122 Å². The molecule has 9 nitrogen and oxygen atoms in total. The Labute approximate surface area is 220 Å². The van der Waals surface area contributed by atoms with Gasteiger partial charge in [0.2, 0.25) is 0 Å². The van der Waals surface area contributed by atoms with E-state index in [1.807, 2.05) is 25.2 Å². The number of nitrogens with one attached hydrogen (secondary N) is 1. The van der Waals surface area contributed by atoms with Gasteiger partial charge in [-0.05, 0) is 45.0 Å². The van der Waals surface area contributed by atoms with Crippen molar-refractivity contribution < 1.29 is 24.4 Å². The molecule has 0 bridgehead atoms. The number of nitro benzene ring substituents is 1. The van der Waals surface area contributed by atoms with Gasteiger partial charge in [0.25, 0.3) is 5.69 Å². The number of rotatable bonds is 12. The molecule has 10 heteroatoms. The highest BCUT2D eigenvalue weighted by atomic mass is 32.2. The van der Waals surface area contributed by atoms with Crippen molar-refractivity contribution in [1.29, 1.82) is 0 Å². The molecule has 2 aromatic carbocycles. The lowest BCUT2D eigenvalue weighted by Crippen LogP contribution is -2.32. The quantitative estimate of drug-likeness (QED) is 0.135. The zero-order chi connectivity index (χ0) is 26.9. The first-order valence-electron chi connectivity index (χ1n) is 11.9. The van der Waals surface area contributed by atoms with E-state index in [0.717, 1.165) is 18.8 Å². The Balaban J connectivity index is 1.64. The van der Waals surface area contributed by atoms with Crippen molar-refractivity contribution in [3.63, 3.8) is 0 Å². The number of carboxylic acids is 1. The first kappa shape index (κ1) is 27.9. The van der Waals surface area contributed by atoms with Gasteiger partial charge in [0.05, 0.1) is 28.6 Å². The Bertz CT molecular complexity index is 1210. The van der Waals surface area contributed by atoms with Gasteiger partial charge < -0.3 is 20.1 Å². The summed E-state index contributed by atoms with van der Waals surface area (Å²) < 4.78 is 5.55. The number of hydrogen-bond acceptors (Lipinski definition) is 8. The molecule has 37 heavy (non-hydrogen) atoms. The maximum atomic E-state index is 13.2. The number of aliphatic carboxylic acids is 1. The lowest BCUT2D eigenvalue weighted by atomic mass is 9.80. The highest BCUT2D eigenvalue weighted by Crippen LogP contribution is 2.39. The average Bonchev–Trinajstić information content (AvgIpc) is 2.86. The number of ether oxygens (including phenoxy) is 1. The molecule has 0 amide bonds. The van der Waals surface area contributed by atoms with Crippen LogP contribution in [-0.2, 0) is 14.3 Å². The second kappa shape index (κ2) is 13.1. The number of thioether (sulfide) groups is 1. The van der Waals surface area contributed by atoms with Crippen LogP contribution >= 0.6 is 11.8 Å². The van der Waals surface area contributed by atoms with Crippen LogP contribution in [0.2, 0.25) is 0 Å². The number of carbonyl (C=O) groups is 2. The number of non-ortho nitro benzene ring substituents is 1. The molecule has 0 fully saturated rings.